The SMILES string of the molecule is CCc1ccccc1Nc1c(C(N)=O)cnc2c1N(OC(=O)C(F)(F)F)C(c1ccncc1)N2. The van der Waals surface area contributed by atoms with E-state index in [1.54, 1.807) is 12.1 Å². The van der Waals surface area contributed by atoms with Gasteiger partial charge < -0.3 is 21.2 Å². The van der Waals surface area contributed by atoms with Crippen LogP contribution in [0.25, 0.3) is 0 Å². The van der Waals surface area contributed by atoms with Crippen molar-refractivity contribution in [1.29, 1.82) is 0 Å². The van der Waals surface area contributed by atoms with Crippen molar-refractivity contribution >= 4 is 34.8 Å². The Morgan fingerprint density at radius 1 is 1.21 bits per heavy atom. The van der Waals surface area contributed by atoms with Crippen LogP contribution in [0.1, 0.15) is 34.6 Å². The molecule has 1 aliphatic heterocycles. The van der Waals surface area contributed by atoms with Crippen molar-refractivity contribution in [2.24, 2.45) is 5.73 Å². The van der Waals surface area contributed by atoms with Gasteiger partial charge in [-0.05, 0) is 30.2 Å². The van der Waals surface area contributed by atoms with Crippen LogP contribution in [0.3, 0.4) is 0 Å². The number of aryl methyl sites for hydroxylation is 1. The van der Waals surface area contributed by atoms with E-state index in [-0.39, 0.29) is 22.8 Å². The van der Waals surface area contributed by atoms with Gasteiger partial charge in [-0.15, -0.1) is 0 Å². The molecule has 3 aromatic rings. The Hall–Kier alpha value is -4.35. The number of primary amides is 1. The number of hydroxylamine groups is 1. The van der Waals surface area contributed by atoms with E-state index >= 15 is 0 Å². The number of pyridine rings is 2. The zero-order valence-corrected chi connectivity index (χ0v) is 17.8. The highest BCUT2D eigenvalue weighted by molar-refractivity contribution is 6.05. The number of anilines is 4. The second-order valence-electron chi connectivity index (χ2n) is 7.27. The number of carbonyl (C=O) groups excluding carboxylic acids is 2. The third kappa shape index (κ3) is 4.29. The molecule has 3 heterocycles. The Morgan fingerprint density at radius 2 is 1.91 bits per heavy atom. The highest BCUT2D eigenvalue weighted by Crippen LogP contribution is 2.47. The summed E-state index contributed by atoms with van der Waals surface area (Å²) in [6.45, 7) is 1.92. The minimum atomic E-state index is -5.26. The maximum absolute atomic E-state index is 13.1. The molecule has 0 saturated carbocycles. The molecule has 34 heavy (non-hydrogen) atoms. The van der Waals surface area contributed by atoms with Gasteiger partial charge in [0.05, 0.1) is 11.3 Å². The predicted molar refractivity (Wildman–Crippen MR) is 117 cm³/mol. The molecular formula is C22H19F3N6O3. The number of amides is 1. The van der Waals surface area contributed by atoms with E-state index in [4.69, 9.17) is 10.6 Å². The third-order valence-corrected chi connectivity index (χ3v) is 5.14. The number of para-hydroxylation sites is 1. The van der Waals surface area contributed by atoms with Gasteiger partial charge in [0.2, 0.25) is 0 Å². The molecule has 0 radical (unpaired) electrons. The lowest BCUT2D eigenvalue weighted by Crippen LogP contribution is -2.37. The van der Waals surface area contributed by atoms with Crippen LogP contribution >= 0.6 is 0 Å². The van der Waals surface area contributed by atoms with E-state index in [2.05, 4.69) is 20.6 Å². The first-order chi connectivity index (χ1) is 16.2. The molecule has 9 nitrogen and oxygen atoms in total. The topological polar surface area (TPSA) is 122 Å². The fraction of sp³-hybridized carbons (Fsp3) is 0.182. The first kappa shape index (κ1) is 22.8. The van der Waals surface area contributed by atoms with Crippen LogP contribution in [0.2, 0.25) is 0 Å². The van der Waals surface area contributed by atoms with Gasteiger partial charge in [0.15, 0.2) is 12.0 Å². The molecule has 1 atom stereocenters. The first-order valence-corrected chi connectivity index (χ1v) is 10.1. The number of benzene rings is 1. The highest BCUT2D eigenvalue weighted by atomic mass is 19.4. The number of nitrogens with two attached hydrogens (primary N) is 1. The van der Waals surface area contributed by atoms with Gasteiger partial charge >= 0.3 is 12.1 Å². The molecule has 0 spiro atoms. The molecule has 1 aromatic carbocycles. The Kier molecular flexibility index (Phi) is 5.97. The third-order valence-electron chi connectivity index (χ3n) is 5.14. The summed E-state index contributed by atoms with van der Waals surface area (Å²) in [4.78, 5) is 36.9. The number of fused-ring (bicyclic) bond motifs is 1. The van der Waals surface area contributed by atoms with Crippen LogP contribution in [0.5, 0.6) is 0 Å². The molecule has 0 aliphatic carbocycles. The Bertz CT molecular complexity index is 1240. The Balaban J connectivity index is 1.89. The quantitative estimate of drug-likeness (QED) is 0.495. The number of halogens is 3. The number of hydrogen-bond donors (Lipinski definition) is 3. The highest BCUT2D eigenvalue weighted by Gasteiger charge is 2.46. The molecule has 1 amide bonds. The molecule has 0 bridgehead atoms. The van der Waals surface area contributed by atoms with Crippen LogP contribution in [0.4, 0.5) is 36.1 Å². The van der Waals surface area contributed by atoms with E-state index in [1.165, 1.54) is 30.7 Å². The molecule has 0 saturated heterocycles. The summed E-state index contributed by atoms with van der Waals surface area (Å²) >= 11 is 0. The largest absolute Gasteiger partial charge is 0.493 e. The maximum Gasteiger partial charge on any atom is 0.493 e. The van der Waals surface area contributed by atoms with E-state index < -0.39 is 24.2 Å². The first-order valence-electron chi connectivity index (χ1n) is 10.1. The molecule has 12 heteroatoms. The van der Waals surface area contributed by atoms with Crippen molar-refractivity contribution in [2.75, 3.05) is 15.7 Å². The van der Waals surface area contributed by atoms with Gasteiger partial charge in [-0.1, -0.05) is 25.1 Å². The summed E-state index contributed by atoms with van der Waals surface area (Å²) < 4.78 is 39.4. The van der Waals surface area contributed by atoms with Crippen LogP contribution in [0.15, 0.2) is 55.0 Å². The smallest absolute Gasteiger partial charge is 0.365 e. The maximum atomic E-state index is 13.1. The van der Waals surface area contributed by atoms with Crippen molar-refractivity contribution in [2.45, 2.75) is 25.7 Å². The summed E-state index contributed by atoms with van der Waals surface area (Å²) in [5, 5.41) is 6.74. The lowest BCUT2D eigenvalue weighted by atomic mass is 10.1. The van der Waals surface area contributed by atoms with Crippen molar-refractivity contribution in [3.8, 4) is 0 Å². The second kappa shape index (κ2) is 8.89. The molecule has 1 aliphatic rings. The number of alkyl halides is 3. The molecule has 0 fully saturated rings. The van der Waals surface area contributed by atoms with Crippen LogP contribution in [0, 0.1) is 0 Å². The van der Waals surface area contributed by atoms with Gasteiger partial charge in [-0.2, -0.15) is 18.2 Å². The number of aromatic nitrogens is 2. The molecule has 2 aromatic heterocycles. The Labute approximate surface area is 191 Å². The molecule has 4 rings (SSSR count). The summed E-state index contributed by atoms with van der Waals surface area (Å²) in [5.74, 6) is -3.23. The van der Waals surface area contributed by atoms with E-state index in [1.807, 2.05) is 19.1 Å². The molecule has 176 valence electrons. The average molecular weight is 472 g/mol. The van der Waals surface area contributed by atoms with Crippen molar-refractivity contribution in [3.63, 3.8) is 0 Å². The monoisotopic (exact) mass is 472 g/mol. The predicted octanol–water partition coefficient (Wildman–Crippen LogP) is 3.83. The minimum absolute atomic E-state index is 0.0393. The molecule has 4 N–H and O–H groups in total. The second-order valence-corrected chi connectivity index (χ2v) is 7.27. The number of nitrogens with zero attached hydrogens (tertiary/aromatic N) is 3. The van der Waals surface area contributed by atoms with Crippen LogP contribution < -0.4 is 21.4 Å². The Morgan fingerprint density at radius 3 is 2.56 bits per heavy atom. The van der Waals surface area contributed by atoms with E-state index in [0.717, 1.165) is 10.6 Å². The van der Waals surface area contributed by atoms with Gasteiger partial charge in [0, 0.05) is 29.8 Å². The average Bonchev–Trinajstić information content (AvgIpc) is 3.18. The fourth-order valence-electron chi connectivity index (χ4n) is 3.54. The van der Waals surface area contributed by atoms with Gasteiger partial charge in [0.25, 0.3) is 5.91 Å². The van der Waals surface area contributed by atoms with E-state index in [9.17, 15) is 22.8 Å². The summed E-state index contributed by atoms with van der Waals surface area (Å²) in [5.41, 5.74) is 7.30. The van der Waals surface area contributed by atoms with Gasteiger partial charge in [-0.3, -0.25) is 9.78 Å². The molecular weight excluding hydrogens is 453 g/mol. The standard InChI is InChI=1S/C22H19F3N6O3/c1-2-12-5-3-4-6-15(12)29-16-14(18(26)32)11-28-19-17(16)31(34-21(33)22(23,24)25)20(30-19)13-7-9-27-10-8-13/h3-11,20H,2H2,1H3,(H2,26,32)(H2,28,29,30). The van der Waals surface area contributed by atoms with Gasteiger partial charge in [-0.25, -0.2) is 9.78 Å². The lowest BCUT2D eigenvalue weighted by Gasteiger charge is -2.27. The zero-order valence-electron chi connectivity index (χ0n) is 17.8. The van der Waals surface area contributed by atoms with Gasteiger partial charge in [0.1, 0.15) is 5.69 Å². The lowest BCUT2D eigenvalue weighted by molar-refractivity contribution is -0.201. The normalized spacial score (nSPS) is 14.8. The van der Waals surface area contributed by atoms with E-state index in [0.29, 0.717) is 17.7 Å². The number of hydrogen-bond acceptors (Lipinski definition) is 8. The molecule has 1 unspecified atom stereocenters. The number of nitrogens with one attached hydrogen (secondary N) is 2. The fourth-order valence-corrected chi connectivity index (χ4v) is 3.54. The minimum Gasteiger partial charge on any atom is -0.365 e. The van der Waals surface area contributed by atoms with Crippen LogP contribution in [-0.4, -0.2) is 28.0 Å². The summed E-state index contributed by atoms with van der Waals surface area (Å²) in [6.07, 6.45) is -1.65. The van der Waals surface area contributed by atoms with Crippen molar-refractivity contribution in [3.05, 3.63) is 71.7 Å². The number of rotatable bonds is 6. The number of carbonyl (C=O) groups is 2. The van der Waals surface area contributed by atoms with Crippen molar-refractivity contribution < 1.29 is 27.6 Å². The van der Waals surface area contributed by atoms with Crippen molar-refractivity contribution in [1.82, 2.24) is 9.97 Å². The zero-order chi connectivity index (χ0) is 24.5. The van der Waals surface area contributed by atoms with Crippen LogP contribution in [-0.2, 0) is 16.1 Å². The summed E-state index contributed by atoms with van der Waals surface area (Å²) in [6, 6.07) is 10.2. The summed E-state index contributed by atoms with van der Waals surface area (Å²) in [7, 11) is 0.